The Labute approximate surface area is 243 Å². The van der Waals surface area contributed by atoms with Crippen molar-refractivity contribution in [2.24, 2.45) is 0 Å². The molecule has 0 unspecified atom stereocenters. The summed E-state index contributed by atoms with van der Waals surface area (Å²) in [6.45, 7) is 8.97. The Morgan fingerprint density at radius 1 is 0.436 bits per heavy atom. The van der Waals surface area contributed by atoms with Gasteiger partial charge in [-0.15, -0.1) is 0 Å². The molecule has 1 heterocycles. The molecular formula is C30H60O6Si3. The second kappa shape index (κ2) is 16.3. The quantitative estimate of drug-likeness (QED) is 0.139. The molecule has 9 heteroatoms. The van der Waals surface area contributed by atoms with Gasteiger partial charge in [0.2, 0.25) is 0 Å². The number of rotatable bonds is 15. The van der Waals surface area contributed by atoms with Crippen molar-refractivity contribution in [3.63, 3.8) is 0 Å². The predicted molar refractivity (Wildman–Crippen MR) is 164 cm³/mol. The third-order valence-corrected chi connectivity index (χ3v) is 25.2. The van der Waals surface area contributed by atoms with Crippen molar-refractivity contribution in [1.82, 2.24) is 0 Å². The third kappa shape index (κ3) is 8.28. The summed E-state index contributed by atoms with van der Waals surface area (Å²) in [5.74, 6) is 0. The molecule has 228 valence electrons. The summed E-state index contributed by atoms with van der Waals surface area (Å²) in [5.41, 5.74) is 1.49. The maximum absolute atomic E-state index is 7.75. The highest BCUT2D eigenvalue weighted by molar-refractivity contribution is 6.96. The minimum atomic E-state index is -2.76. The van der Waals surface area contributed by atoms with E-state index in [1.54, 1.807) is 0 Å². The van der Waals surface area contributed by atoms with Crippen molar-refractivity contribution in [2.45, 2.75) is 153 Å². The summed E-state index contributed by atoms with van der Waals surface area (Å²) >= 11 is 0. The van der Waals surface area contributed by atoms with Gasteiger partial charge >= 0.3 is 25.7 Å². The largest absolute Gasteiger partial charge is 0.412 e. The molecule has 0 aromatic heterocycles. The van der Waals surface area contributed by atoms with E-state index in [-0.39, 0.29) is 0 Å². The van der Waals surface area contributed by atoms with Gasteiger partial charge in [-0.3, -0.25) is 0 Å². The molecule has 1 aliphatic heterocycles. The summed E-state index contributed by atoms with van der Waals surface area (Å²) in [4.78, 5) is 0. The van der Waals surface area contributed by atoms with E-state index in [1.807, 2.05) is 0 Å². The Morgan fingerprint density at radius 3 is 0.923 bits per heavy atom. The van der Waals surface area contributed by atoms with E-state index in [0.717, 1.165) is 39.1 Å². The first-order valence-corrected chi connectivity index (χ1v) is 23.3. The van der Waals surface area contributed by atoms with E-state index in [9.17, 15) is 0 Å². The van der Waals surface area contributed by atoms with Crippen molar-refractivity contribution >= 4 is 25.7 Å². The molecule has 4 fully saturated rings. The number of hydrogen-bond donors (Lipinski definition) is 0. The lowest BCUT2D eigenvalue weighted by Crippen LogP contribution is -2.78. The second-order valence-electron chi connectivity index (χ2n) is 12.9. The van der Waals surface area contributed by atoms with E-state index in [1.165, 1.54) is 96.3 Å². The summed E-state index contributed by atoms with van der Waals surface area (Å²) in [7, 11) is -8.29. The van der Waals surface area contributed by atoms with Crippen LogP contribution in [-0.4, -0.2) is 64.2 Å². The van der Waals surface area contributed by atoms with Gasteiger partial charge in [0, 0.05) is 36.4 Å². The van der Waals surface area contributed by atoms with Gasteiger partial charge in [0.15, 0.2) is 0 Å². The Bertz CT molecular complexity index is 583. The van der Waals surface area contributed by atoms with E-state index in [2.05, 4.69) is 20.8 Å². The van der Waals surface area contributed by atoms with Crippen molar-refractivity contribution in [1.29, 1.82) is 0 Å². The second-order valence-corrected chi connectivity index (χ2v) is 23.5. The molecule has 39 heavy (non-hydrogen) atoms. The topological polar surface area (TPSA) is 55.4 Å². The maximum Gasteiger partial charge on any atom is 0.350 e. The first kappa shape index (κ1) is 32.3. The van der Waals surface area contributed by atoms with Crippen LogP contribution >= 0.6 is 0 Å². The van der Waals surface area contributed by atoms with E-state index >= 15 is 0 Å². The Morgan fingerprint density at radius 2 is 0.692 bits per heavy atom. The Balaban J connectivity index is 1.80. The molecule has 0 aromatic rings. The van der Waals surface area contributed by atoms with Crippen molar-refractivity contribution in [3.8, 4) is 0 Å². The average molecular weight is 601 g/mol. The lowest BCUT2D eigenvalue weighted by atomic mass is 10.0. The number of ether oxygens (including phenoxy) is 3. The fourth-order valence-corrected chi connectivity index (χ4v) is 27.6. The molecule has 0 radical (unpaired) electrons. The summed E-state index contributed by atoms with van der Waals surface area (Å²) < 4.78 is 42.8. The SMILES string of the molecule is CCCOC[Si]1(C2CCCCC2)O[Si](COCCC)(C2CCCCC2)O[Si](COCCC)(C2CCCCC2)O1. The van der Waals surface area contributed by atoms with Crippen LogP contribution in [0.15, 0.2) is 0 Å². The van der Waals surface area contributed by atoms with E-state index in [0.29, 0.717) is 35.3 Å². The van der Waals surface area contributed by atoms with Crippen LogP contribution in [0.25, 0.3) is 0 Å². The van der Waals surface area contributed by atoms with Gasteiger partial charge in [0.1, 0.15) is 0 Å². The molecule has 0 N–H and O–H groups in total. The van der Waals surface area contributed by atoms with Crippen LogP contribution in [0, 0.1) is 0 Å². The van der Waals surface area contributed by atoms with Crippen LogP contribution in [-0.2, 0) is 26.6 Å². The molecule has 3 saturated carbocycles. The van der Waals surface area contributed by atoms with Crippen molar-refractivity contribution < 1.29 is 26.6 Å². The molecule has 0 aromatic carbocycles. The monoisotopic (exact) mass is 600 g/mol. The third-order valence-electron chi connectivity index (χ3n) is 9.67. The smallest absolute Gasteiger partial charge is 0.350 e. The van der Waals surface area contributed by atoms with Crippen molar-refractivity contribution in [2.75, 3.05) is 38.5 Å². The zero-order valence-corrected chi connectivity index (χ0v) is 28.7. The fraction of sp³-hybridized carbons (Fsp3) is 1.00. The molecule has 0 bridgehead atoms. The molecule has 0 atom stereocenters. The average Bonchev–Trinajstić information content (AvgIpc) is 2.99. The molecule has 4 aliphatic rings. The lowest BCUT2D eigenvalue weighted by Gasteiger charge is -2.59. The minimum Gasteiger partial charge on any atom is -0.412 e. The number of hydrogen-bond acceptors (Lipinski definition) is 6. The van der Waals surface area contributed by atoms with Crippen LogP contribution in [0.5, 0.6) is 0 Å². The van der Waals surface area contributed by atoms with Gasteiger partial charge < -0.3 is 26.6 Å². The molecule has 6 nitrogen and oxygen atoms in total. The van der Waals surface area contributed by atoms with Gasteiger partial charge in [0.25, 0.3) is 0 Å². The Kier molecular flexibility index (Phi) is 13.5. The minimum absolute atomic E-state index is 0.496. The zero-order chi connectivity index (χ0) is 27.4. The molecule has 0 spiro atoms. The maximum atomic E-state index is 7.75. The van der Waals surface area contributed by atoms with E-state index in [4.69, 9.17) is 26.6 Å². The summed E-state index contributed by atoms with van der Waals surface area (Å²) in [6.07, 6.45) is 24.1. The Hall–Kier alpha value is 0.411. The van der Waals surface area contributed by atoms with E-state index < -0.39 is 25.7 Å². The van der Waals surface area contributed by atoms with Gasteiger partial charge in [-0.2, -0.15) is 0 Å². The highest BCUT2D eigenvalue weighted by Gasteiger charge is 2.69. The molecule has 3 aliphatic carbocycles. The van der Waals surface area contributed by atoms with Gasteiger partial charge in [-0.1, -0.05) is 78.6 Å². The predicted octanol–water partition coefficient (Wildman–Crippen LogP) is 8.28. The summed E-state index contributed by atoms with van der Waals surface area (Å²) in [6, 6.07) is 0. The van der Waals surface area contributed by atoms with Gasteiger partial charge in [-0.05, 0) is 57.8 Å². The fourth-order valence-electron chi connectivity index (χ4n) is 7.67. The molecule has 1 saturated heterocycles. The van der Waals surface area contributed by atoms with Gasteiger partial charge in [0.05, 0.1) is 18.7 Å². The van der Waals surface area contributed by atoms with Crippen LogP contribution in [0.2, 0.25) is 16.6 Å². The van der Waals surface area contributed by atoms with Crippen LogP contribution in [0.3, 0.4) is 0 Å². The molecular weight excluding hydrogens is 541 g/mol. The van der Waals surface area contributed by atoms with Crippen molar-refractivity contribution in [3.05, 3.63) is 0 Å². The highest BCUT2D eigenvalue weighted by atomic mass is 28.5. The molecule has 0 amide bonds. The zero-order valence-electron chi connectivity index (χ0n) is 25.7. The van der Waals surface area contributed by atoms with Crippen LogP contribution in [0.1, 0.15) is 136 Å². The van der Waals surface area contributed by atoms with Gasteiger partial charge in [-0.25, -0.2) is 0 Å². The first-order valence-electron chi connectivity index (χ1n) is 17.0. The van der Waals surface area contributed by atoms with Crippen LogP contribution in [0.4, 0.5) is 0 Å². The summed E-state index contributed by atoms with van der Waals surface area (Å²) in [5, 5.41) is 0. The molecule has 4 rings (SSSR count). The first-order chi connectivity index (χ1) is 19.1. The standard InChI is InChI=1S/C30H60O6Si3/c1-4-22-31-25-37(28-16-10-7-11-17-28)34-38(26-32-23-5-2,29-18-12-8-13-19-29)36-39(35-37,27-33-24-6-3)30-20-14-9-15-21-30/h28-30H,4-27H2,1-3H3. The highest BCUT2D eigenvalue weighted by Crippen LogP contribution is 2.53. The lowest BCUT2D eigenvalue weighted by molar-refractivity contribution is 0.0679. The van der Waals surface area contributed by atoms with Crippen LogP contribution < -0.4 is 0 Å². The normalized spacial score (nSPS) is 33.9.